The van der Waals surface area contributed by atoms with E-state index in [0.29, 0.717) is 128 Å². The first-order valence-corrected chi connectivity index (χ1v) is 31.3. The normalized spacial score (nSPS) is 15.8. The van der Waals surface area contributed by atoms with Gasteiger partial charge in [-0.3, -0.25) is 18.9 Å². The van der Waals surface area contributed by atoms with Gasteiger partial charge in [-0.25, -0.2) is 28.5 Å². The van der Waals surface area contributed by atoms with Gasteiger partial charge < -0.3 is 78.1 Å². The van der Waals surface area contributed by atoms with Crippen LogP contribution in [0.1, 0.15) is 82.5 Å². The number of carbonyl (C=O) groups is 4. The minimum Gasteiger partial charge on any atom is -0.446 e. The fourth-order valence-corrected chi connectivity index (χ4v) is 9.76. The molecule has 2 atom stereocenters. The maximum Gasteiger partial charge on any atom is 0.407 e. The van der Waals surface area contributed by atoms with Crippen molar-refractivity contribution in [3.8, 4) is 16.9 Å². The summed E-state index contributed by atoms with van der Waals surface area (Å²) in [5.74, 6) is -12.2. The van der Waals surface area contributed by atoms with Crippen LogP contribution in [0.4, 0.5) is 28.0 Å². The Morgan fingerprint density at radius 3 is 1.64 bits per heavy atom. The van der Waals surface area contributed by atoms with Crippen molar-refractivity contribution >= 4 is 51.6 Å². The third-order valence-corrected chi connectivity index (χ3v) is 14.8. The predicted molar refractivity (Wildman–Crippen MR) is 313 cm³/mol. The SMILES string of the molecule is CCCN(C(=O)C1=Cc2ccc(-c3cnc(CNC(=O)CCOCCOCCOCCOCCOCCOCCOCCOCCOCCOCCC(=O)Oc4c(F)c(F)c(S(=O)(=O)O)c(F)c4F)nc3)cc2N=C(N)C1)C1CCC(NC(=O)OC2CCC2)C1. The lowest BCUT2D eigenvalue weighted by molar-refractivity contribution is -0.136. The van der Waals surface area contributed by atoms with Crippen molar-refractivity contribution < 1.29 is 107 Å². The van der Waals surface area contributed by atoms with Gasteiger partial charge in [0.1, 0.15) is 17.8 Å². The van der Waals surface area contributed by atoms with Gasteiger partial charge in [-0.2, -0.15) is 17.2 Å². The Morgan fingerprint density at radius 2 is 1.17 bits per heavy atom. The second kappa shape index (κ2) is 39.8. The fourth-order valence-electron chi connectivity index (χ4n) is 9.13. The molecule has 500 valence electrons. The molecule has 1 aliphatic heterocycles. The summed E-state index contributed by atoms with van der Waals surface area (Å²) in [5.41, 5.74) is 9.92. The van der Waals surface area contributed by atoms with Gasteiger partial charge in [0.25, 0.3) is 5.91 Å². The highest BCUT2D eigenvalue weighted by Gasteiger charge is 2.36. The Hall–Kier alpha value is -6.36. The van der Waals surface area contributed by atoms with E-state index in [1.165, 1.54) is 0 Å². The molecule has 1 aromatic heterocycles. The zero-order valence-corrected chi connectivity index (χ0v) is 51.2. The molecule has 2 aromatic carbocycles. The summed E-state index contributed by atoms with van der Waals surface area (Å²) in [6, 6.07) is 5.65. The number of nitrogens with two attached hydrogens (primary N) is 1. The average Bonchev–Trinajstić information content (AvgIpc) is 0.856. The number of nitrogens with one attached hydrogen (secondary N) is 2. The van der Waals surface area contributed by atoms with E-state index in [4.69, 9.17) is 62.4 Å². The van der Waals surface area contributed by atoms with Crippen molar-refractivity contribution in [2.75, 3.05) is 139 Å². The molecule has 26 nitrogen and oxygen atoms in total. The number of hydrogen-bond donors (Lipinski definition) is 4. The second-order valence-electron chi connectivity index (χ2n) is 20.6. The van der Waals surface area contributed by atoms with E-state index in [-0.39, 0.29) is 95.1 Å². The van der Waals surface area contributed by atoms with Crippen LogP contribution in [0, 0.1) is 23.3 Å². The number of halogens is 4. The maximum atomic E-state index is 14.1. The van der Waals surface area contributed by atoms with Crippen LogP contribution in [0.5, 0.6) is 5.75 Å². The van der Waals surface area contributed by atoms with Crippen LogP contribution in [0.25, 0.3) is 17.2 Å². The Bertz CT molecular complexity index is 2900. The lowest BCUT2D eigenvalue weighted by Crippen LogP contribution is -2.43. The van der Waals surface area contributed by atoms with E-state index < -0.39 is 56.4 Å². The van der Waals surface area contributed by atoms with Gasteiger partial charge >= 0.3 is 22.2 Å². The maximum absolute atomic E-state index is 14.1. The second-order valence-corrected chi connectivity index (χ2v) is 22.0. The number of alkyl carbamates (subject to hydrolysis) is 1. The molecule has 90 heavy (non-hydrogen) atoms. The molecule has 2 aliphatic carbocycles. The van der Waals surface area contributed by atoms with Gasteiger partial charge in [0.2, 0.25) is 23.3 Å². The molecular formula is C59H81F4N7O19S. The highest BCUT2D eigenvalue weighted by atomic mass is 32.2. The van der Waals surface area contributed by atoms with E-state index in [1.807, 2.05) is 36.1 Å². The van der Waals surface area contributed by atoms with Gasteiger partial charge in [0, 0.05) is 60.6 Å². The third kappa shape index (κ3) is 25.4. The Balaban J connectivity index is 0.673. The number of amidine groups is 1. The number of aromatic nitrogens is 2. The molecule has 2 fully saturated rings. The summed E-state index contributed by atoms with van der Waals surface area (Å²) in [6.45, 7) is 8.39. The Kier molecular flexibility index (Phi) is 32.1. The largest absolute Gasteiger partial charge is 0.446 e. The fraction of sp³-hybridized carbons (Fsp3) is 0.610. The number of benzene rings is 2. The van der Waals surface area contributed by atoms with Crippen LogP contribution in [0.15, 0.2) is 46.1 Å². The minimum absolute atomic E-state index is 0.0113. The molecule has 5 N–H and O–H groups in total. The topological polar surface area (TPSA) is 325 Å². The van der Waals surface area contributed by atoms with Crippen molar-refractivity contribution in [2.45, 2.75) is 101 Å². The molecule has 3 amide bonds. The molecule has 2 saturated carbocycles. The number of fused-ring (bicyclic) bond motifs is 1. The van der Waals surface area contributed by atoms with E-state index >= 15 is 0 Å². The molecule has 6 rings (SSSR count). The summed E-state index contributed by atoms with van der Waals surface area (Å²) < 4.78 is 151. The van der Waals surface area contributed by atoms with E-state index in [9.17, 15) is 45.2 Å². The number of rotatable bonds is 44. The molecule has 0 radical (unpaired) electrons. The summed E-state index contributed by atoms with van der Waals surface area (Å²) >= 11 is 0. The van der Waals surface area contributed by atoms with Crippen molar-refractivity contribution in [1.29, 1.82) is 0 Å². The molecular weight excluding hydrogens is 1220 g/mol. The van der Waals surface area contributed by atoms with Crippen LogP contribution >= 0.6 is 0 Å². The highest BCUT2D eigenvalue weighted by molar-refractivity contribution is 7.85. The molecule has 0 saturated heterocycles. The smallest absolute Gasteiger partial charge is 0.407 e. The zero-order valence-electron chi connectivity index (χ0n) is 50.4. The summed E-state index contributed by atoms with van der Waals surface area (Å²) in [7, 11) is -5.65. The lowest BCUT2D eigenvalue weighted by atomic mass is 9.96. The lowest BCUT2D eigenvalue weighted by Gasteiger charge is -2.30. The van der Waals surface area contributed by atoms with Crippen LogP contribution in [-0.2, 0) is 83.2 Å². The molecule has 3 aliphatic rings. The highest BCUT2D eigenvalue weighted by Crippen LogP contribution is 2.35. The van der Waals surface area contributed by atoms with E-state index in [0.717, 1.165) is 55.2 Å². The van der Waals surface area contributed by atoms with Crippen LogP contribution in [-0.4, -0.2) is 214 Å². The molecule has 0 spiro atoms. The van der Waals surface area contributed by atoms with Gasteiger partial charge in [-0.1, -0.05) is 19.1 Å². The summed E-state index contributed by atoms with van der Waals surface area (Å²) in [6.07, 6.45) is 10.6. The van der Waals surface area contributed by atoms with Crippen LogP contribution < -0.4 is 21.1 Å². The van der Waals surface area contributed by atoms with E-state index in [2.05, 4.69) is 30.3 Å². The molecule has 31 heteroatoms. The number of nitrogens with zero attached hydrogens (tertiary/aromatic N) is 4. The summed E-state index contributed by atoms with van der Waals surface area (Å²) in [5, 5.41) is 5.82. The van der Waals surface area contributed by atoms with Gasteiger partial charge in [-0.05, 0) is 62.7 Å². The first-order valence-electron chi connectivity index (χ1n) is 29.9. The number of ether oxygens (including phenoxy) is 12. The molecule has 3 aromatic rings. The number of esters is 1. The summed E-state index contributed by atoms with van der Waals surface area (Å²) in [4.78, 5) is 64.1. The average molecular weight is 1300 g/mol. The van der Waals surface area contributed by atoms with E-state index in [1.54, 1.807) is 12.4 Å². The standard InChI is InChI=1S/C59H81F4N7O19S/c1-2-12-70(45-9-8-44(36-45)68-59(74)88-46-4-3-5-46)58(73)42-33-41-7-6-40(34-47(41)69-48(64)35-42)43-37-65-49(66-38-43)39-67-50(71)10-13-78-15-17-80-19-21-82-23-25-84-27-29-86-31-32-87-30-28-85-26-24-83-22-20-81-18-16-79-14-11-51(72)89-56-52(60)54(62)57(90(75,76)77)55(63)53(56)61/h6-7,33-34,37-38,44-46H,2-5,8-32,35-36,39H2,1H3,(H2,64,69)(H,67,71)(H,68,74)(H,75,76,77). The number of carbonyl (C=O) groups excluding carboxylic acids is 4. The third-order valence-electron chi connectivity index (χ3n) is 13.9. The van der Waals surface area contributed by atoms with Crippen LogP contribution in [0.2, 0.25) is 0 Å². The number of amides is 3. The van der Waals surface area contributed by atoms with Gasteiger partial charge in [0.05, 0.1) is 151 Å². The van der Waals surface area contributed by atoms with Crippen molar-refractivity contribution in [3.63, 3.8) is 0 Å². The van der Waals surface area contributed by atoms with Gasteiger partial charge in [-0.15, -0.1) is 0 Å². The van der Waals surface area contributed by atoms with Crippen LogP contribution in [0.3, 0.4) is 0 Å². The van der Waals surface area contributed by atoms with Crippen molar-refractivity contribution in [2.24, 2.45) is 10.7 Å². The molecule has 2 unspecified atom stereocenters. The molecule has 2 heterocycles. The number of aliphatic imine (C=N–C) groups is 1. The van der Waals surface area contributed by atoms with Crippen molar-refractivity contribution in [3.05, 3.63) is 70.8 Å². The Labute approximate surface area is 519 Å². The minimum atomic E-state index is -5.65. The molecule has 0 bridgehead atoms. The predicted octanol–water partition coefficient (Wildman–Crippen LogP) is 5.33. The Morgan fingerprint density at radius 1 is 0.667 bits per heavy atom. The first kappa shape index (κ1) is 72.7. The number of hydrogen-bond acceptors (Lipinski definition) is 22. The first-order chi connectivity index (χ1) is 43.5. The van der Waals surface area contributed by atoms with Gasteiger partial charge in [0.15, 0.2) is 16.5 Å². The monoisotopic (exact) mass is 1300 g/mol. The zero-order chi connectivity index (χ0) is 64.5. The van der Waals surface area contributed by atoms with Crippen molar-refractivity contribution in [1.82, 2.24) is 25.5 Å². The quantitative estimate of drug-likeness (QED) is 0.0139.